The Morgan fingerprint density at radius 3 is 2.85 bits per heavy atom. The van der Waals surface area contributed by atoms with Crippen molar-refractivity contribution in [2.75, 3.05) is 20.1 Å². The predicted octanol–water partition coefficient (Wildman–Crippen LogP) is 0.130. The second kappa shape index (κ2) is 4.58. The number of rotatable bonds is 3. The summed E-state index contributed by atoms with van der Waals surface area (Å²) in [5.41, 5.74) is 5.46. The molecule has 1 heterocycles. The lowest BCUT2D eigenvalue weighted by Gasteiger charge is -2.35. The Labute approximate surface area is 78.7 Å². The Morgan fingerprint density at radius 2 is 2.38 bits per heavy atom. The highest BCUT2D eigenvalue weighted by Gasteiger charge is 2.31. The second-order valence-electron chi connectivity index (χ2n) is 3.72. The molecule has 2 unspecified atom stereocenters. The van der Waals surface area contributed by atoms with Crippen LogP contribution in [-0.4, -0.2) is 42.2 Å². The number of nitrogens with two attached hydrogens (primary N) is 1. The van der Waals surface area contributed by atoms with Gasteiger partial charge in [-0.15, -0.1) is 0 Å². The van der Waals surface area contributed by atoms with Gasteiger partial charge in [0.25, 0.3) is 0 Å². The van der Waals surface area contributed by atoms with E-state index in [-0.39, 0.29) is 12.6 Å². The average Bonchev–Trinajstić information content (AvgIpc) is 2.09. The van der Waals surface area contributed by atoms with Crippen LogP contribution in [0.4, 0.5) is 0 Å². The van der Waals surface area contributed by atoms with E-state index < -0.39 is 11.9 Å². The van der Waals surface area contributed by atoms with Crippen LogP contribution in [0.2, 0.25) is 0 Å². The summed E-state index contributed by atoms with van der Waals surface area (Å²) in [4.78, 5) is 13.0. The molecule has 1 aliphatic heterocycles. The maximum absolute atomic E-state index is 10.9. The van der Waals surface area contributed by atoms with E-state index in [0.717, 1.165) is 19.4 Å². The van der Waals surface area contributed by atoms with Gasteiger partial charge in [0.1, 0.15) is 0 Å². The monoisotopic (exact) mass is 186 g/mol. The summed E-state index contributed by atoms with van der Waals surface area (Å²) < 4.78 is 0. The normalized spacial score (nSPS) is 27.1. The van der Waals surface area contributed by atoms with E-state index in [9.17, 15) is 4.79 Å². The van der Waals surface area contributed by atoms with Gasteiger partial charge in [0.05, 0.1) is 5.92 Å². The van der Waals surface area contributed by atoms with Crippen molar-refractivity contribution in [2.24, 2.45) is 11.7 Å². The van der Waals surface area contributed by atoms with Gasteiger partial charge in [0, 0.05) is 12.6 Å². The fourth-order valence-electron chi connectivity index (χ4n) is 2.03. The minimum Gasteiger partial charge on any atom is -0.481 e. The van der Waals surface area contributed by atoms with E-state index >= 15 is 0 Å². The first-order valence-corrected chi connectivity index (χ1v) is 4.80. The Kier molecular flexibility index (Phi) is 3.69. The lowest BCUT2D eigenvalue weighted by atomic mass is 9.91. The second-order valence-corrected chi connectivity index (χ2v) is 3.72. The summed E-state index contributed by atoms with van der Waals surface area (Å²) >= 11 is 0. The molecule has 2 atom stereocenters. The first-order valence-electron chi connectivity index (χ1n) is 4.80. The van der Waals surface area contributed by atoms with E-state index in [0.29, 0.717) is 0 Å². The number of piperidine rings is 1. The summed E-state index contributed by atoms with van der Waals surface area (Å²) in [5, 5.41) is 8.94. The van der Waals surface area contributed by atoms with Gasteiger partial charge in [-0.3, -0.25) is 4.79 Å². The van der Waals surface area contributed by atoms with Crippen molar-refractivity contribution < 1.29 is 9.90 Å². The van der Waals surface area contributed by atoms with Crippen LogP contribution in [0.5, 0.6) is 0 Å². The number of hydrogen-bond acceptors (Lipinski definition) is 3. The molecule has 76 valence electrons. The molecular formula is C9H18N2O2. The molecule has 0 spiro atoms. The molecule has 3 N–H and O–H groups in total. The molecule has 1 aliphatic rings. The molecule has 0 saturated carbocycles. The minimum absolute atomic E-state index is 0.135. The van der Waals surface area contributed by atoms with Crippen molar-refractivity contribution in [3.63, 3.8) is 0 Å². The van der Waals surface area contributed by atoms with E-state index in [4.69, 9.17) is 10.8 Å². The third-order valence-electron chi connectivity index (χ3n) is 2.86. The third-order valence-corrected chi connectivity index (χ3v) is 2.86. The molecule has 0 bridgehead atoms. The SMILES string of the molecule is CN1CCCCC1C(CN)C(=O)O. The highest BCUT2D eigenvalue weighted by molar-refractivity contribution is 5.71. The lowest BCUT2D eigenvalue weighted by molar-refractivity contribution is -0.144. The third kappa shape index (κ3) is 2.42. The lowest BCUT2D eigenvalue weighted by Crippen LogP contribution is -2.47. The first kappa shape index (κ1) is 10.5. The smallest absolute Gasteiger partial charge is 0.309 e. The fourth-order valence-corrected chi connectivity index (χ4v) is 2.03. The van der Waals surface area contributed by atoms with Crippen molar-refractivity contribution in [2.45, 2.75) is 25.3 Å². The molecular weight excluding hydrogens is 168 g/mol. The average molecular weight is 186 g/mol. The van der Waals surface area contributed by atoms with Crippen molar-refractivity contribution in [3.05, 3.63) is 0 Å². The van der Waals surface area contributed by atoms with Crippen molar-refractivity contribution >= 4 is 5.97 Å². The van der Waals surface area contributed by atoms with Crippen LogP contribution < -0.4 is 5.73 Å². The molecule has 1 fully saturated rings. The van der Waals surface area contributed by atoms with E-state index in [2.05, 4.69) is 4.90 Å². The number of aliphatic carboxylic acids is 1. The number of nitrogens with zero attached hydrogens (tertiary/aromatic N) is 1. The van der Waals surface area contributed by atoms with Crippen LogP contribution in [0.15, 0.2) is 0 Å². The van der Waals surface area contributed by atoms with Gasteiger partial charge in [0.15, 0.2) is 0 Å². The van der Waals surface area contributed by atoms with E-state index in [1.165, 1.54) is 6.42 Å². The largest absolute Gasteiger partial charge is 0.481 e. The molecule has 1 rings (SSSR count). The molecule has 0 aromatic heterocycles. The van der Waals surface area contributed by atoms with Crippen LogP contribution in [0.1, 0.15) is 19.3 Å². The Morgan fingerprint density at radius 1 is 1.69 bits per heavy atom. The van der Waals surface area contributed by atoms with Crippen molar-refractivity contribution in [1.29, 1.82) is 0 Å². The standard InChI is InChI=1S/C9H18N2O2/c1-11-5-3-2-4-8(11)7(6-10)9(12)13/h7-8H,2-6,10H2,1H3,(H,12,13). The highest BCUT2D eigenvalue weighted by Crippen LogP contribution is 2.21. The molecule has 4 heteroatoms. The van der Waals surface area contributed by atoms with Crippen LogP contribution in [0, 0.1) is 5.92 Å². The zero-order valence-corrected chi connectivity index (χ0v) is 8.07. The van der Waals surface area contributed by atoms with Crippen LogP contribution >= 0.6 is 0 Å². The summed E-state index contributed by atoms with van der Waals surface area (Å²) in [6, 6.07) is 0.135. The number of hydrogen-bond donors (Lipinski definition) is 2. The molecule has 13 heavy (non-hydrogen) atoms. The molecule has 0 radical (unpaired) electrons. The van der Waals surface area contributed by atoms with E-state index in [1.54, 1.807) is 0 Å². The summed E-state index contributed by atoms with van der Waals surface area (Å²) in [7, 11) is 1.98. The maximum atomic E-state index is 10.9. The molecule has 0 amide bonds. The highest BCUT2D eigenvalue weighted by atomic mass is 16.4. The van der Waals surface area contributed by atoms with Gasteiger partial charge < -0.3 is 15.7 Å². The van der Waals surface area contributed by atoms with Crippen molar-refractivity contribution in [3.8, 4) is 0 Å². The van der Waals surface area contributed by atoms with E-state index in [1.807, 2.05) is 7.05 Å². The van der Waals surface area contributed by atoms with Gasteiger partial charge in [-0.1, -0.05) is 6.42 Å². The van der Waals surface area contributed by atoms with Crippen LogP contribution in [0.25, 0.3) is 0 Å². The zero-order valence-electron chi connectivity index (χ0n) is 8.07. The number of carbonyl (C=O) groups is 1. The number of carboxylic acid groups (broad SMARTS) is 1. The fraction of sp³-hybridized carbons (Fsp3) is 0.889. The zero-order chi connectivity index (χ0) is 9.84. The minimum atomic E-state index is -0.763. The number of carboxylic acids is 1. The molecule has 0 aromatic rings. The van der Waals surface area contributed by atoms with Crippen molar-refractivity contribution in [1.82, 2.24) is 4.90 Å². The molecule has 4 nitrogen and oxygen atoms in total. The van der Waals surface area contributed by atoms with Gasteiger partial charge in [0.2, 0.25) is 0 Å². The Bertz CT molecular complexity index is 184. The Balaban J connectivity index is 2.60. The summed E-state index contributed by atoms with van der Waals surface area (Å²) in [6.45, 7) is 1.23. The van der Waals surface area contributed by atoms with Crippen LogP contribution in [0.3, 0.4) is 0 Å². The number of likely N-dealkylation sites (tertiary alicyclic amines) is 1. The molecule has 0 aliphatic carbocycles. The predicted molar refractivity (Wildman–Crippen MR) is 50.4 cm³/mol. The van der Waals surface area contributed by atoms with Gasteiger partial charge in [-0.2, -0.15) is 0 Å². The maximum Gasteiger partial charge on any atom is 0.309 e. The summed E-state index contributed by atoms with van der Waals surface area (Å²) in [5.74, 6) is -1.16. The quantitative estimate of drug-likeness (QED) is 0.657. The molecule has 0 aromatic carbocycles. The van der Waals surface area contributed by atoms with Crippen LogP contribution in [-0.2, 0) is 4.79 Å². The molecule has 1 saturated heterocycles. The van der Waals surface area contributed by atoms with Gasteiger partial charge >= 0.3 is 5.97 Å². The topological polar surface area (TPSA) is 66.6 Å². The summed E-state index contributed by atoms with van der Waals surface area (Å²) in [6.07, 6.45) is 3.26. The first-order chi connectivity index (χ1) is 6.16. The van der Waals surface area contributed by atoms with Gasteiger partial charge in [-0.05, 0) is 26.4 Å². The van der Waals surface area contributed by atoms with Gasteiger partial charge in [-0.25, -0.2) is 0 Å². The Hall–Kier alpha value is -0.610.